The molecule has 2 heterocycles. The van der Waals surface area contributed by atoms with Gasteiger partial charge in [0.1, 0.15) is 22.7 Å². The predicted molar refractivity (Wildman–Crippen MR) is 313 cm³/mol. The van der Waals surface area contributed by atoms with Gasteiger partial charge in [-0.05, 0) is 126 Å². The molecule has 3 nitrogen and oxygen atoms in total. The van der Waals surface area contributed by atoms with Crippen molar-refractivity contribution in [1.29, 1.82) is 0 Å². The molecule has 0 bridgehead atoms. The first-order chi connectivity index (χ1) is 38.2. The highest BCUT2D eigenvalue weighted by Gasteiger charge is 2.53. The van der Waals surface area contributed by atoms with Crippen LogP contribution in [0.1, 0.15) is 44.5 Å². The van der Waals surface area contributed by atoms with Crippen molar-refractivity contribution in [3.63, 3.8) is 0 Å². The summed E-state index contributed by atoms with van der Waals surface area (Å²) >= 11 is 0. The van der Waals surface area contributed by atoms with E-state index >= 15 is 0 Å². The molecule has 0 atom stereocenters. The van der Waals surface area contributed by atoms with Gasteiger partial charge in [-0.15, -0.1) is 0 Å². The van der Waals surface area contributed by atoms with Crippen LogP contribution in [0, 0.1) is 0 Å². The number of para-hydroxylation sites is 2. The van der Waals surface area contributed by atoms with Crippen LogP contribution in [0.15, 0.2) is 277 Å². The van der Waals surface area contributed by atoms with E-state index in [0.717, 1.165) is 83.9 Å². The fourth-order valence-corrected chi connectivity index (χ4v) is 14.4. The number of hydrogen-bond acceptors (Lipinski definition) is 3. The summed E-state index contributed by atoms with van der Waals surface area (Å²) in [5.74, 6) is 1.71. The number of hydrogen-bond donors (Lipinski definition) is 0. The van der Waals surface area contributed by atoms with Crippen molar-refractivity contribution in [2.45, 2.75) is 10.8 Å². The Balaban J connectivity index is 1.02. The molecule has 17 rings (SSSR count). The molecule has 4 aliphatic rings. The van der Waals surface area contributed by atoms with E-state index in [-0.39, 0.29) is 0 Å². The van der Waals surface area contributed by atoms with E-state index in [1.165, 1.54) is 66.8 Å². The summed E-state index contributed by atoms with van der Waals surface area (Å²) in [6.45, 7) is 0. The van der Waals surface area contributed by atoms with Crippen molar-refractivity contribution >= 4 is 39.0 Å². The smallest absolute Gasteiger partial charge is 0.145 e. The third kappa shape index (κ3) is 5.54. The maximum Gasteiger partial charge on any atom is 0.145 e. The number of furan rings is 1. The van der Waals surface area contributed by atoms with Gasteiger partial charge < -0.3 is 14.1 Å². The Bertz CT molecular complexity index is 4510. The number of ether oxygens (including phenoxy) is 1. The fourth-order valence-electron chi connectivity index (χ4n) is 14.4. The van der Waals surface area contributed by atoms with Gasteiger partial charge in [0, 0.05) is 39.0 Å². The standard InChI is InChI=1S/C74H45NO2/c1-3-21-46(22-4-1)50-41-42-67(70-57-30-12-19-37-68(57)76-72(50)70)75(48-39-40-56-55-29-11-15-33-61(55)73(65(56)44-48)59-31-13-7-25-51(59)52-26-8-14-32-60(52)73)49-43-58(47-23-5-2-6-24-47)71-66(45-49)74(64-36-18-20-38-69(64)77-71)62-34-16-9-27-53(62)54-28-10-17-35-63(54)74/h1-45H. The van der Waals surface area contributed by atoms with Gasteiger partial charge in [0.05, 0.1) is 21.9 Å². The number of rotatable bonds is 5. The lowest BCUT2D eigenvalue weighted by atomic mass is 9.65. The van der Waals surface area contributed by atoms with Crippen LogP contribution >= 0.6 is 0 Å². The Morgan fingerprint density at radius 3 is 1.32 bits per heavy atom. The molecule has 0 unspecified atom stereocenters. The molecule has 0 radical (unpaired) electrons. The molecule has 3 aliphatic carbocycles. The summed E-state index contributed by atoms with van der Waals surface area (Å²) in [5.41, 5.74) is 25.1. The van der Waals surface area contributed by atoms with Gasteiger partial charge in [0.25, 0.3) is 0 Å². The summed E-state index contributed by atoms with van der Waals surface area (Å²) in [4.78, 5) is 2.52. The molecule has 77 heavy (non-hydrogen) atoms. The molecular weight excluding hydrogens is 935 g/mol. The van der Waals surface area contributed by atoms with Crippen molar-refractivity contribution in [2.75, 3.05) is 4.90 Å². The highest BCUT2D eigenvalue weighted by atomic mass is 16.5. The van der Waals surface area contributed by atoms with Crippen LogP contribution in [-0.4, -0.2) is 0 Å². The Morgan fingerprint density at radius 2 is 0.740 bits per heavy atom. The highest BCUT2D eigenvalue weighted by Crippen LogP contribution is 2.66. The van der Waals surface area contributed by atoms with Gasteiger partial charge in [-0.3, -0.25) is 0 Å². The van der Waals surface area contributed by atoms with E-state index in [2.05, 4.69) is 278 Å². The summed E-state index contributed by atoms with van der Waals surface area (Å²) < 4.78 is 14.5. The molecule has 3 heteroatoms. The van der Waals surface area contributed by atoms with Crippen LogP contribution < -0.4 is 9.64 Å². The third-order valence-electron chi connectivity index (χ3n) is 17.3. The zero-order chi connectivity index (χ0) is 50.4. The second-order valence-corrected chi connectivity index (χ2v) is 20.9. The Kier molecular flexibility index (Phi) is 8.69. The fraction of sp³-hybridized carbons (Fsp3) is 0.0270. The monoisotopic (exact) mass is 979 g/mol. The van der Waals surface area contributed by atoms with Gasteiger partial charge in [0.2, 0.25) is 0 Å². The molecule has 0 fully saturated rings. The first-order valence-electron chi connectivity index (χ1n) is 26.7. The average Bonchev–Trinajstić information content (AvgIpc) is 4.32. The predicted octanol–water partition coefficient (Wildman–Crippen LogP) is 19.2. The average molecular weight is 980 g/mol. The summed E-state index contributed by atoms with van der Waals surface area (Å²) in [6, 6.07) is 101. The van der Waals surface area contributed by atoms with Gasteiger partial charge in [-0.2, -0.15) is 0 Å². The maximum absolute atomic E-state index is 7.40. The normalized spacial score (nSPS) is 14.0. The quantitative estimate of drug-likeness (QED) is 0.172. The van der Waals surface area contributed by atoms with E-state index in [0.29, 0.717) is 0 Å². The SMILES string of the molecule is c1ccc(-c2cc(N(c3ccc4c(c3)C3(c5ccccc5-c5ccccc53)c3ccccc3-4)c3ccc(-c4ccccc4)c4oc5ccccc5c34)cc3c2Oc2ccccc2C32c3ccccc3-c3ccccc32)cc1. The van der Waals surface area contributed by atoms with E-state index in [1.54, 1.807) is 0 Å². The molecule has 2 spiro atoms. The minimum Gasteiger partial charge on any atom is -0.456 e. The molecule has 0 N–H and O–H groups in total. The van der Waals surface area contributed by atoms with E-state index < -0.39 is 10.8 Å². The summed E-state index contributed by atoms with van der Waals surface area (Å²) in [5, 5.41) is 2.10. The van der Waals surface area contributed by atoms with E-state index in [1.807, 2.05) is 0 Å². The van der Waals surface area contributed by atoms with Gasteiger partial charge in [0.15, 0.2) is 0 Å². The van der Waals surface area contributed by atoms with Crippen LogP contribution in [0.3, 0.4) is 0 Å². The molecule has 0 saturated carbocycles. The zero-order valence-corrected chi connectivity index (χ0v) is 41.7. The lowest BCUT2D eigenvalue weighted by Crippen LogP contribution is -2.32. The zero-order valence-electron chi connectivity index (χ0n) is 41.7. The first-order valence-corrected chi connectivity index (χ1v) is 26.7. The van der Waals surface area contributed by atoms with Crippen molar-refractivity contribution in [3.05, 3.63) is 317 Å². The number of nitrogens with zero attached hydrogens (tertiary/aromatic N) is 1. The molecular formula is C74H45NO2. The lowest BCUT2D eigenvalue weighted by Gasteiger charge is -2.41. The number of fused-ring (bicyclic) bond motifs is 22. The number of anilines is 3. The van der Waals surface area contributed by atoms with Crippen LogP contribution in [0.25, 0.3) is 77.6 Å². The Hall–Kier alpha value is -9.96. The van der Waals surface area contributed by atoms with Crippen molar-refractivity contribution in [2.24, 2.45) is 0 Å². The van der Waals surface area contributed by atoms with E-state index in [9.17, 15) is 0 Å². The van der Waals surface area contributed by atoms with E-state index in [4.69, 9.17) is 9.15 Å². The molecule has 1 aromatic heterocycles. The Labute approximate surface area is 446 Å². The second kappa shape index (κ2) is 15.8. The van der Waals surface area contributed by atoms with Gasteiger partial charge in [-0.25, -0.2) is 0 Å². The minimum atomic E-state index is -0.724. The largest absolute Gasteiger partial charge is 0.456 e. The molecule has 13 aromatic rings. The van der Waals surface area contributed by atoms with Crippen LogP contribution in [-0.2, 0) is 10.8 Å². The summed E-state index contributed by atoms with van der Waals surface area (Å²) in [7, 11) is 0. The third-order valence-corrected chi connectivity index (χ3v) is 17.3. The van der Waals surface area contributed by atoms with Gasteiger partial charge in [-0.1, -0.05) is 224 Å². The van der Waals surface area contributed by atoms with Crippen molar-refractivity contribution in [3.8, 4) is 67.1 Å². The minimum absolute atomic E-state index is 0.556. The van der Waals surface area contributed by atoms with Crippen LogP contribution in [0.5, 0.6) is 11.5 Å². The topological polar surface area (TPSA) is 25.6 Å². The Morgan fingerprint density at radius 1 is 0.299 bits per heavy atom. The van der Waals surface area contributed by atoms with Crippen LogP contribution in [0.2, 0.25) is 0 Å². The van der Waals surface area contributed by atoms with Crippen molar-refractivity contribution in [1.82, 2.24) is 0 Å². The highest BCUT2D eigenvalue weighted by molar-refractivity contribution is 6.17. The van der Waals surface area contributed by atoms with Crippen molar-refractivity contribution < 1.29 is 9.15 Å². The lowest BCUT2D eigenvalue weighted by molar-refractivity contribution is 0.438. The first kappa shape index (κ1) is 42.4. The second-order valence-electron chi connectivity index (χ2n) is 20.9. The van der Waals surface area contributed by atoms with Crippen LogP contribution in [0.4, 0.5) is 17.1 Å². The molecule has 1 aliphatic heterocycles. The maximum atomic E-state index is 7.40. The van der Waals surface area contributed by atoms with Gasteiger partial charge >= 0.3 is 0 Å². The number of benzene rings is 12. The molecule has 12 aromatic carbocycles. The summed E-state index contributed by atoms with van der Waals surface area (Å²) in [6.07, 6.45) is 0. The molecule has 358 valence electrons. The molecule has 0 amide bonds. The molecule has 0 saturated heterocycles.